The first-order chi connectivity index (χ1) is 3.63. The molecule has 1 aliphatic rings. The summed E-state index contributed by atoms with van der Waals surface area (Å²) in [6.45, 7) is 8.64. The summed E-state index contributed by atoms with van der Waals surface area (Å²) in [6, 6.07) is 0. The van der Waals surface area contributed by atoms with E-state index in [1.54, 1.807) is 0 Å². The number of hydrogen-bond donors (Lipinski definition) is 0. The van der Waals surface area contributed by atoms with E-state index in [9.17, 15) is 0 Å². The smallest absolute Gasteiger partial charge is 0.0520 e. The molecule has 0 radical (unpaired) electrons. The molecule has 1 nitrogen and oxygen atoms in total. The van der Waals surface area contributed by atoms with Crippen LogP contribution >= 0.6 is 0 Å². The Morgan fingerprint density at radius 1 is 1.50 bits per heavy atom. The molecule has 1 aliphatic heterocycles. The van der Waals surface area contributed by atoms with Crippen LogP contribution in [0.15, 0.2) is 0 Å². The van der Waals surface area contributed by atoms with Gasteiger partial charge in [0, 0.05) is 6.61 Å². The van der Waals surface area contributed by atoms with Gasteiger partial charge >= 0.3 is 0 Å². The Morgan fingerprint density at radius 2 is 2.12 bits per heavy atom. The quantitative estimate of drug-likeness (QED) is 0.465. The lowest BCUT2D eigenvalue weighted by atomic mass is 9.84. The summed E-state index contributed by atoms with van der Waals surface area (Å²) in [5.41, 5.74) is 0.431. The molecule has 0 N–H and O–H groups in total. The van der Waals surface area contributed by atoms with Crippen molar-refractivity contribution in [3.63, 3.8) is 0 Å². The largest absolute Gasteiger partial charge is 0.381 e. The van der Waals surface area contributed by atoms with E-state index >= 15 is 0 Å². The molecule has 1 atom stereocenters. The van der Waals surface area contributed by atoms with Crippen LogP contribution < -0.4 is 0 Å². The summed E-state index contributed by atoms with van der Waals surface area (Å²) in [5.74, 6) is 0.738. The molecule has 1 heterocycles. The lowest BCUT2D eigenvalue weighted by Gasteiger charge is -2.19. The summed E-state index contributed by atoms with van der Waals surface area (Å²) in [6.07, 6.45) is 0. The SMILES string of the molecule is CC1COCC1(C)C. The van der Waals surface area contributed by atoms with Crippen molar-refractivity contribution < 1.29 is 4.74 Å². The van der Waals surface area contributed by atoms with E-state index in [1.165, 1.54) is 0 Å². The summed E-state index contributed by atoms with van der Waals surface area (Å²) < 4.78 is 5.27. The van der Waals surface area contributed by atoms with Gasteiger partial charge in [0.05, 0.1) is 6.61 Å². The first-order valence-corrected chi connectivity index (χ1v) is 3.21. The van der Waals surface area contributed by atoms with Gasteiger partial charge in [-0.3, -0.25) is 0 Å². The molecule has 1 fully saturated rings. The predicted molar refractivity (Wildman–Crippen MR) is 33.8 cm³/mol. The average molecular weight is 114 g/mol. The molecular formula is C7H14O. The maximum atomic E-state index is 5.27. The average Bonchev–Trinajstić information content (AvgIpc) is 1.86. The van der Waals surface area contributed by atoms with Gasteiger partial charge < -0.3 is 4.74 Å². The molecule has 0 spiro atoms. The number of rotatable bonds is 0. The third-order valence-corrected chi connectivity index (χ3v) is 2.18. The fourth-order valence-electron chi connectivity index (χ4n) is 0.867. The van der Waals surface area contributed by atoms with Crippen molar-refractivity contribution in [2.75, 3.05) is 13.2 Å². The molecule has 1 rings (SSSR count). The van der Waals surface area contributed by atoms with Gasteiger partial charge in [0.15, 0.2) is 0 Å². The van der Waals surface area contributed by atoms with Gasteiger partial charge in [0.2, 0.25) is 0 Å². The van der Waals surface area contributed by atoms with Crippen LogP contribution in [0.2, 0.25) is 0 Å². The Kier molecular flexibility index (Phi) is 1.31. The fourth-order valence-corrected chi connectivity index (χ4v) is 0.867. The van der Waals surface area contributed by atoms with E-state index < -0.39 is 0 Å². The second kappa shape index (κ2) is 1.73. The Morgan fingerprint density at radius 3 is 2.25 bits per heavy atom. The van der Waals surface area contributed by atoms with E-state index in [-0.39, 0.29) is 0 Å². The molecule has 0 saturated carbocycles. The number of ether oxygens (including phenoxy) is 1. The maximum Gasteiger partial charge on any atom is 0.0520 e. The van der Waals surface area contributed by atoms with Crippen molar-refractivity contribution in [3.8, 4) is 0 Å². The summed E-state index contributed by atoms with van der Waals surface area (Å²) >= 11 is 0. The van der Waals surface area contributed by atoms with Crippen LogP contribution in [-0.2, 0) is 4.74 Å². The highest BCUT2D eigenvalue weighted by molar-refractivity contribution is 4.79. The summed E-state index contributed by atoms with van der Waals surface area (Å²) in [7, 11) is 0. The monoisotopic (exact) mass is 114 g/mol. The maximum absolute atomic E-state index is 5.27. The molecule has 8 heavy (non-hydrogen) atoms. The zero-order valence-corrected chi connectivity index (χ0v) is 5.90. The van der Waals surface area contributed by atoms with E-state index in [4.69, 9.17) is 4.74 Å². The van der Waals surface area contributed by atoms with E-state index in [0.717, 1.165) is 19.1 Å². The Bertz CT molecular complexity index is 86.4. The van der Waals surface area contributed by atoms with Crippen molar-refractivity contribution in [1.29, 1.82) is 0 Å². The molecule has 0 bridgehead atoms. The highest BCUT2D eigenvalue weighted by Gasteiger charge is 2.31. The normalized spacial score (nSPS) is 35.6. The summed E-state index contributed by atoms with van der Waals surface area (Å²) in [4.78, 5) is 0. The molecule has 1 saturated heterocycles. The molecule has 1 unspecified atom stereocenters. The molecule has 1 heteroatoms. The minimum atomic E-state index is 0.431. The third kappa shape index (κ3) is 0.873. The van der Waals surface area contributed by atoms with Crippen molar-refractivity contribution in [1.82, 2.24) is 0 Å². The molecule has 0 aromatic heterocycles. The second-order valence-electron chi connectivity index (χ2n) is 3.40. The standard InChI is InChI=1S/C7H14O/c1-6-4-8-5-7(6,2)3/h6H,4-5H2,1-3H3. The molecule has 0 aromatic carbocycles. The third-order valence-electron chi connectivity index (χ3n) is 2.18. The van der Waals surface area contributed by atoms with Crippen LogP contribution in [-0.4, -0.2) is 13.2 Å². The predicted octanol–water partition coefficient (Wildman–Crippen LogP) is 1.68. The highest BCUT2D eigenvalue weighted by atomic mass is 16.5. The van der Waals surface area contributed by atoms with Crippen molar-refractivity contribution in [3.05, 3.63) is 0 Å². The summed E-state index contributed by atoms with van der Waals surface area (Å²) in [5, 5.41) is 0. The van der Waals surface area contributed by atoms with Crippen molar-refractivity contribution >= 4 is 0 Å². The fraction of sp³-hybridized carbons (Fsp3) is 1.00. The Labute approximate surface area is 51.0 Å². The number of hydrogen-bond acceptors (Lipinski definition) is 1. The molecule has 0 aliphatic carbocycles. The van der Waals surface area contributed by atoms with Gasteiger partial charge in [-0.25, -0.2) is 0 Å². The van der Waals surface area contributed by atoms with Gasteiger partial charge in [-0.15, -0.1) is 0 Å². The first kappa shape index (κ1) is 6.09. The lowest BCUT2D eigenvalue weighted by Crippen LogP contribution is -2.18. The first-order valence-electron chi connectivity index (χ1n) is 3.21. The van der Waals surface area contributed by atoms with E-state index in [1.807, 2.05) is 0 Å². The van der Waals surface area contributed by atoms with Gasteiger partial charge in [-0.05, 0) is 11.3 Å². The van der Waals surface area contributed by atoms with Gasteiger partial charge in [-0.2, -0.15) is 0 Å². The second-order valence-corrected chi connectivity index (χ2v) is 3.40. The van der Waals surface area contributed by atoms with Crippen LogP contribution in [0, 0.1) is 11.3 Å². The molecule has 48 valence electrons. The van der Waals surface area contributed by atoms with Crippen LogP contribution in [0.5, 0.6) is 0 Å². The van der Waals surface area contributed by atoms with E-state index in [2.05, 4.69) is 20.8 Å². The zero-order chi connectivity index (χ0) is 6.20. The van der Waals surface area contributed by atoms with Gasteiger partial charge in [0.1, 0.15) is 0 Å². The zero-order valence-electron chi connectivity index (χ0n) is 5.90. The molecule has 0 aromatic rings. The van der Waals surface area contributed by atoms with Crippen LogP contribution in [0.25, 0.3) is 0 Å². The van der Waals surface area contributed by atoms with Gasteiger partial charge in [0.25, 0.3) is 0 Å². The van der Waals surface area contributed by atoms with Crippen molar-refractivity contribution in [2.24, 2.45) is 11.3 Å². The minimum absolute atomic E-state index is 0.431. The van der Waals surface area contributed by atoms with Crippen LogP contribution in [0.1, 0.15) is 20.8 Å². The topological polar surface area (TPSA) is 9.23 Å². The highest BCUT2D eigenvalue weighted by Crippen LogP contribution is 2.32. The van der Waals surface area contributed by atoms with Crippen molar-refractivity contribution in [2.45, 2.75) is 20.8 Å². The van der Waals surface area contributed by atoms with Crippen LogP contribution in [0.3, 0.4) is 0 Å². The molecular weight excluding hydrogens is 100 g/mol. The molecule has 0 amide bonds. The minimum Gasteiger partial charge on any atom is -0.381 e. The Balaban J connectivity index is 2.54. The Hall–Kier alpha value is -0.0400. The van der Waals surface area contributed by atoms with Crippen LogP contribution in [0.4, 0.5) is 0 Å². The lowest BCUT2D eigenvalue weighted by molar-refractivity contribution is 0.166. The van der Waals surface area contributed by atoms with Gasteiger partial charge in [-0.1, -0.05) is 20.8 Å². The van der Waals surface area contributed by atoms with E-state index in [0.29, 0.717) is 5.41 Å².